The monoisotopic (exact) mass is 290 g/mol. The first-order valence-corrected chi connectivity index (χ1v) is 10.5. The summed E-state index contributed by atoms with van der Waals surface area (Å²) < 4.78 is 11.9. The minimum absolute atomic E-state index is 0.784. The van der Waals surface area contributed by atoms with E-state index in [1.54, 1.807) is 0 Å². The molecule has 4 nitrogen and oxygen atoms in total. The number of likely N-dealkylation sites (N-methyl/N-ethyl adjacent to an activating group) is 2. The normalized spacial score (nSPS) is 12.6. The largest absolute Gasteiger partial charge is 0.393 e. The Kier molecular flexibility index (Phi) is 10.8. The van der Waals surface area contributed by atoms with E-state index in [1.165, 1.54) is 0 Å². The topological polar surface area (TPSA) is 24.9 Å². The standard InChI is InChI=1S/C14H34N2O2Si/c1-7-15(8-2)11-13-17-19(5,6)18-14-12-16(9-3)10-4/h7-14H2,1-6H3. The summed E-state index contributed by atoms with van der Waals surface area (Å²) in [6.45, 7) is 20.9. The zero-order valence-electron chi connectivity index (χ0n) is 13.9. The Labute approximate surface area is 121 Å². The van der Waals surface area contributed by atoms with Crippen molar-refractivity contribution in [3.63, 3.8) is 0 Å². The predicted molar refractivity (Wildman–Crippen MR) is 85.0 cm³/mol. The van der Waals surface area contributed by atoms with Crippen LogP contribution < -0.4 is 0 Å². The van der Waals surface area contributed by atoms with Crippen molar-refractivity contribution >= 4 is 8.56 Å². The molecule has 0 aliphatic heterocycles. The Morgan fingerprint density at radius 2 is 1.00 bits per heavy atom. The molecule has 116 valence electrons. The second-order valence-electron chi connectivity index (χ2n) is 5.15. The highest BCUT2D eigenvalue weighted by molar-refractivity contribution is 6.64. The van der Waals surface area contributed by atoms with Crippen LogP contribution in [0.15, 0.2) is 0 Å². The molecule has 0 fully saturated rings. The van der Waals surface area contributed by atoms with Gasteiger partial charge in [-0.1, -0.05) is 27.7 Å². The van der Waals surface area contributed by atoms with E-state index in [9.17, 15) is 0 Å². The lowest BCUT2D eigenvalue weighted by Crippen LogP contribution is -2.40. The third kappa shape index (κ3) is 9.57. The highest BCUT2D eigenvalue weighted by Crippen LogP contribution is 2.06. The van der Waals surface area contributed by atoms with E-state index in [0.29, 0.717) is 0 Å². The minimum atomic E-state index is -1.94. The van der Waals surface area contributed by atoms with Crippen LogP contribution in [-0.4, -0.2) is 70.8 Å². The van der Waals surface area contributed by atoms with Crippen LogP contribution in [0.1, 0.15) is 27.7 Å². The first kappa shape index (κ1) is 19.1. The predicted octanol–water partition coefficient (Wildman–Crippen LogP) is 2.41. The summed E-state index contributed by atoms with van der Waals surface area (Å²) in [6.07, 6.45) is 0. The molecule has 0 aliphatic carbocycles. The second kappa shape index (κ2) is 10.8. The molecular formula is C14H34N2O2Si. The van der Waals surface area contributed by atoms with Gasteiger partial charge >= 0.3 is 8.56 Å². The molecular weight excluding hydrogens is 256 g/mol. The molecule has 0 atom stereocenters. The molecule has 0 unspecified atom stereocenters. The maximum atomic E-state index is 5.97. The molecule has 19 heavy (non-hydrogen) atoms. The van der Waals surface area contributed by atoms with Gasteiger partial charge in [0.1, 0.15) is 0 Å². The van der Waals surface area contributed by atoms with Crippen LogP contribution in [0.5, 0.6) is 0 Å². The molecule has 0 aromatic heterocycles. The molecule has 0 spiro atoms. The van der Waals surface area contributed by atoms with Crippen LogP contribution in [0, 0.1) is 0 Å². The van der Waals surface area contributed by atoms with Crippen molar-refractivity contribution in [2.75, 3.05) is 52.5 Å². The lowest BCUT2D eigenvalue weighted by molar-refractivity contribution is 0.139. The molecule has 0 aromatic rings. The van der Waals surface area contributed by atoms with Crippen LogP contribution in [0.25, 0.3) is 0 Å². The molecule has 0 amide bonds. The van der Waals surface area contributed by atoms with Crippen molar-refractivity contribution in [2.45, 2.75) is 40.8 Å². The van der Waals surface area contributed by atoms with E-state index in [0.717, 1.165) is 52.5 Å². The van der Waals surface area contributed by atoms with Gasteiger partial charge in [-0.15, -0.1) is 0 Å². The third-order valence-corrected chi connectivity index (χ3v) is 5.30. The molecule has 0 N–H and O–H groups in total. The van der Waals surface area contributed by atoms with Crippen molar-refractivity contribution in [2.24, 2.45) is 0 Å². The summed E-state index contributed by atoms with van der Waals surface area (Å²) >= 11 is 0. The maximum Gasteiger partial charge on any atom is 0.331 e. The smallest absolute Gasteiger partial charge is 0.331 e. The van der Waals surface area contributed by atoms with Crippen LogP contribution in [-0.2, 0) is 8.85 Å². The second-order valence-corrected chi connectivity index (χ2v) is 8.53. The maximum absolute atomic E-state index is 5.97. The van der Waals surface area contributed by atoms with Crippen LogP contribution in [0.3, 0.4) is 0 Å². The highest BCUT2D eigenvalue weighted by Gasteiger charge is 2.24. The van der Waals surface area contributed by atoms with Gasteiger partial charge in [0.15, 0.2) is 0 Å². The summed E-state index contributed by atoms with van der Waals surface area (Å²) in [5.74, 6) is 0. The molecule has 5 heteroatoms. The van der Waals surface area contributed by atoms with Gasteiger partial charge in [0.2, 0.25) is 0 Å². The van der Waals surface area contributed by atoms with Gasteiger partial charge in [-0.2, -0.15) is 0 Å². The van der Waals surface area contributed by atoms with Gasteiger partial charge in [0, 0.05) is 26.3 Å². The van der Waals surface area contributed by atoms with E-state index in [-0.39, 0.29) is 0 Å². The molecule has 0 bridgehead atoms. The number of rotatable bonds is 12. The first-order valence-electron chi connectivity index (χ1n) is 7.71. The van der Waals surface area contributed by atoms with Crippen molar-refractivity contribution in [1.82, 2.24) is 9.80 Å². The molecule has 0 rings (SSSR count). The van der Waals surface area contributed by atoms with E-state index in [2.05, 4.69) is 50.6 Å². The fourth-order valence-corrected chi connectivity index (χ4v) is 3.21. The van der Waals surface area contributed by atoms with Gasteiger partial charge in [0.05, 0.1) is 0 Å². The molecule has 0 aromatic carbocycles. The average molecular weight is 291 g/mol. The van der Waals surface area contributed by atoms with Gasteiger partial charge in [-0.05, 0) is 39.3 Å². The molecule has 0 radical (unpaired) electrons. The van der Waals surface area contributed by atoms with Crippen LogP contribution in [0.4, 0.5) is 0 Å². The lowest BCUT2D eigenvalue weighted by atomic mass is 10.5. The first-order chi connectivity index (χ1) is 8.99. The fraction of sp³-hybridized carbons (Fsp3) is 1.00. The number of nitrogens with zero attached hydrogens (tertiary/aromatic N) is 2. The zero-order valence-corrected chi connectivity index (χ0v) is 14.9. The summed E-state index contributed by atoms with van der Waals surface area (Å²) in [5, 5.41) is 0. The zero-order chi connectivity index (χ0) is 14.7. The number of hydrogen-bond donors (Lipinski definition) is 0. The SMILES string of the molecule is CCN(CC)CCO[Si](C)(C)OCCN(CC)CC. The van der Waals surface area contributed by atoms with E-state index >= 15 is 0 Å². The summed E-state index contributed by atoms with van der Waals surface area (Å²) in [6, 6.07) is 0. The summed E-state index contributed by atoms with van der Waals surface area (Å²) in [7, 11) is -1.94. The third-order valence-electron chi connectivity index (χ3n) is 3.50. The van der Waals surface area contributed by atoms with Crippen LogP contribution in [0.2, 0.25) is 13.1 Å². The van der Waals surface area contributed by atoms with Gasteiger partial charge < -0.3 is 18.7 Å². The minimum Gasteiger partial charge on any atom is -0.393 e. The Bertz CT molecular complexity index is 188. The van der Waals surface area contributed by atoms with E-state index in [4.69, 9.17) is 8.85 Å². The molecule has 0 saturated carbocycles. The van der Waals surface area contributed by atoms with Crippen molar-refractivity contribution in [1.29, 1.82) is 0 Å². The Morgan fingerprint density at radius 3 is 1.26 bits per heavy atom. The Balaban J connectivity index is 3.79. The molecule has 0 heterocycles. The van der Waals surface area contributed by atoms with Crippen molar-refractivity contribution in [3.8, 4) is 0 Å². The fourth-order valence-electron chi connectivity index (χ4n) is 1.96. The van der Waals surface area contributed by atoms with Gasteiger partial charge in [-0.3, -0.25) is 0 Å². The van der Waals surface area contributed by atoms with Gasteiger partial charge in [-0.25, -0.2) is 0 Å². The van der Waals surface area contributed by atoms with E-state index in [1.807, 2.05) is 0 Å². The average Bonchev–Trinajstić information content (AvgIpc) is 2.39. The van der Waals surface area contributed by atoms with Crippen molar-refractivity contribution < 1.29 is 8.85 Å². The highest BCUT2D eigenvalue weighted by atomic mass is 28.4. The van der Waals surface area contributed by atoms with Crippen LogP contribution >= 0.6 is 0 Å². The molecule has 0 aliphatic rings. The Hall–Kier alpha value is 0.0569. The summed E-state index contributed by atoms with van der Waals surface area (Å²) in [4.78, 5) is 4.75. The molecule has 0 saturated heterocycles. The summed E-state index contributed by atoms with van der Waals surface area (Å²) in [5.41, 5.74) is 0. The van der Waals surface area contributed by atoms with Gasteiger partial charge in [0.25, 0.3) is 0 Å². The Morgan fingerprint density at radius 1 is 0.684 bits per heavy atom. The van der Waals surface area contributed by atoms with Crippen molar-refractivity contribution in [3.05, 3.63) is 0 Å². The van der Waals surface area contributed by atoms with E-state index < -0.39 is 8.56 Å². The quantitative estimate of drug-likeness (QED) is 0.515. The number of hydrogen-bond acceptors (Lipinski definition) is 4. The lowest BCUT2D eigenvalue weighted by Gasteiger charge is -2.27.